The molecule has 1 fully saturated rings. The zero-order valence-electron chi connectivity index (χ0n) is 17.6. The Morgan fingerprint density at radius 2 is 1.59 bits per heavy atom. The minimum absolute atomic E-state index is 0.0196. The van der Waals surface area contributed by atoms with E-state index in [1.54, 1.807) is 14.2 Å². The number of piperazine rings is 1. The first-order valence-electron chi connectivity index (χ1n) is 10.2. The van der Waals surface area contributed by atoms with E-state index in [0.29, 0.717) is 0 Å². The number of carbonyl (C=O) groups is 1. The van der Waals surface area contributed by atoms with Crippen molar-refractivity contribution in [3.63, 3.8) is 0 Å². The number of urea groups is 1. The minimum atomic E-state index is -0.0196. The van der Waals surface area contributed by atoms with E-state index in [2.05, 4.69) is 35.3 Å². The Morgan fingerprint density at radius 3 is 2.21 bits per heavy atom. The monoisotopic (exact) mass is 397 g/mol. The lowest BCUT2D eigenvalue weighted by Crippen LogP contribution is -2.50. The Morgan fingerprint density at radius 1 is 0.931 bits per heavy atom. The van der Waals surface area contributed by atoms with Crippen molar-refractivity contribution in [2.24, 2.45) is 0 Å². The first kappa shape index (κ1) is 21.0. The lowest BCUT2D eigenvalue weighted by molar-refractivity contribution is 0.148. The van der Waals surface area contributed by atoms with E-state index in [4.69, 9.17) is 9.47 Å². The van der Waals surface area contributed by atoms with Crippen molar-refractivity contribution >= 4 is 11.7 Å². The fourth-order valence-corrected chi connectivity index (χ4v) is 3.52. The number of nitrogens with zero attached hydrogens (tertiary/aromatic N) is 2. The van der Waals surface area contributed by atoms with Crippen molar-refractivity contribution in [1.82, 2.24) is 9.80 Å². The summed E-state index contributed by atoms with van der Waals surface area (Å²) in [6, 6.07) is 14.1. The van der Waals surface area contributed by atoms with E-state index in [-0.39, 0.29) is 6.03 Å². The maximum Gasteiger partial charge on any atom is 0.321 e. The number of aryl methyl sites for hydroxylation is 1. The van der Waals surface area contributed by atoms with Gasteiger partial charge in [-0.15, -0.1) is 0 Å². The number of methoxy groups -OCH3 is 2. The number of hydrogen-bond donors (Lipinski definition) is 1. The number of carbonyl (C=O) groups excluding carboxylic acids is 1. The van der Waals surface area contributed by atoms with E-state index in [1.165, 1.54) is 11.1 Å². The molecule has 1 aliphatic rings. The smallest absolute Gasteiger partial charge is 0.321 e. The zero-order chi connectivity index (χ0) is 20.6. The molecule has 0 spiro atoms. The highest BCUT2D eigenvalue weighted by molar-refractivity contribution is 5.89. The van der Waals surface area contributed by atoms with Gasteiger partial charge in [0.15, 0.2) is 11.5 Å². The highest BCUT2D eigenvalue weighted by atomic mass is 16.5. The molecule has 3 rings (SSSR count). The van der Waals surface area contributed by atoms with Gasteiger partial charge >= 0.3 is 6.03 Å². The average Bonchev–Trinajstić information content (AvgIpc) is 2.78. The second kappa shape index (κ2) is 10.2. The number of nitrogens with one attached hydrogen (secondary N) is 1. The molecule has 6 heteroatoms. The molecule has 0 aliphatic carbocycles. The van der Waals surface area contributed by atoms with Crippen LogP contribution in [0.3, 0.4) is 0 Å². The molecule has 1 N–H and O–H groups in total. The van der Waals surface area contributed by atoms with Crippen LogP contribution in [0, 0.1) is 0 Å². The van der Waals surface area contributed by atoms with Crippen LogP contribution in [-0.4, -0.2) is 62.8 Å². The van der Waals surface area contributed by atoms with Crippen LogP contribution in [0.15, 0.2) is 42.5 Å². The van der Waals surface area contributed by atoms with Gasteiger partial charge in [-0.2, -0.15) is 0 Å². The number of rotatable bonds is 7. The van der Waals surface area contributed by atoms with Crippen LogP contribution in [0.25, 0.3) is 0 Å². The van der Waals surface area contributed by atoms with Gasteiger partial charge in [0.05, 0.1) is 14.2 Å². The SMILES string of the molecule is CCc1ccc(NC(=O)N2CCN(CCc3ccc(OC)c(OC)c3)CC2)cc1. The predicted molar refractivity (Wildman–Crippen MR) is 116 cm³/mol. The molecule has 2 amide bonds. The van der Waals surface area contributed by atoms with Gasteiger partial charge in [-0.1, -0.05) is 25.1 Å². The first-order valence-corrected chi connectivity index (χ1v) is 10.2. The van der Waals surface area contributed by atoms with Crippen LogP contribution >= 0.6 is 0 Å². The summed E-state index contributed by atoms with van der Waals surface area (Å²) in [4.78, 5) is 16.8. The van der Waals surface area contributed by atoms with Crippen molar-refractivity contribution in [3.8, 4) is 11.5 Å². The van der Waals surface area contributed by atoms with Gasteiger partial charge in [-0.3, -0.25) is 4.90 Å². The maximum atomic E-state index is 12.5. The summed E-state index contributed by atoms with van der Waals surface area (Å²) < 4.78 is 10.7. The van der Waals surface area contributed by atoms with Gasteiger partial charge in [0.1, 0.15) is 0 Å². The van der Waals surface area contributed by atoms with Crippen LogP contribution in [0.2, 0.25) is 0 Å². The quantitative estimate of drug-likeness (QED) is 0.775. The second-order valence-electron chi connectivity index (χ2n) is 7.25. The summed E-state index contributed by atoms with van der Waals surface area (Å²) in [6.07, 6.45) is 1.94. The highest BCUT2D eigenvalue weighted by Gasteiger charge is 2.21. The molecule has 2 aromatic rings. The topological polar surface area (TPSA) is 54.0 Å². The molecule has 29 heavy (non-hydrogen) atoms. The molecule has 156 valence electrons. The van der Waals surface area contributed by atoms with Crippen LogP contribution in [-0.2, 0) is 12.8 Å². The third-order valence-electron chi connectivity index (χ3n) is 5.44. The summed E-state index contributed by atoms with van der Waals surface area (Å²) in [5.74, 6) is 1.51. The zero-order valence-corrected chi connectivity index (χ0v) is 17.6. The number of ether oxygens (including phenoxy) is 2. The molecule has 0 unspecified atom stereocenters. The van der Waals surface area contributed by atoms with Crippen molar-refractivity contribution in [2.45, 2.75) is 19.8 Å². The van der Waals surface area contributed by atoms with E-state index < -0.39 is 0 Å². The maximum absolute atomic E-state index is 12.5. The predicted octanol–water partition coefficient (Wildman–Crippen LogP) is 3.66. The van der Waals surface area contributed by atoms with Gasteiger partial charge in [-0.25, -0.2) is 4.79 Å². The van der Waals surface area contributed by atoms with Gasteiger partial charge in [0.2, 0.25) is 0 Å². The molecule has 1 heterocycles. The van der Waals surface area contributed by atoms with Crippen LogP contribution in [0.4, 0.5) is 10.5 Å². The second-order valence-corrected chi connectivity index (χ2v) is 7.25. The lowest BCUT2D eigenvalue weighted by atomic mass is 10.1. The van der Waals surface area contributed by atoms with Gasteiger partial charge in [0, 0.05) is 38.4 Å². The largest absolute Gasteiger partial charge is 0.493 e. The Balaban J connectivity index is 1.44. The third-order valence-corrected chi connectivity index (χ3v) is 5.44. The molecule has 0 saturated carbocycles. The lowest BCUT2D eigenvalue weighted by Gasteiger charge is -2.34. The van der Waals surface area contributed by atoms with Crippen molar-refractivity contribution < 1.29 is 14.3 Å². The fraction of sp³-hybridized carbons (Fsp3) is 0.435. The number of amides is 2. The molecule has 0 bridgehead atoms. The van der Waals surface area contributed by atoms with Crippen LogP contribution in [0.5, 0.6) is 11.5 Å². The summed E-state index contributed by atoms with van der Waals surface area (Å²) in [5, 5.41) is 3.00. The summed E-state index contributed by atoms with van der Waals surface area (Å²) in [7, 11) is 3.30. The molecule has 1 aliphatic heterocycles. The average molecular weight is 398 g/mol. The molecule has 0 radical (unpaired) electrons. The molecule has 6 nitrogen and oxygen atoms in total. The summed E-state index contributed by atoms with van der Waals surface area (Å²) >= 11 is 0. The van der Waals surface area contributed by atoms with Crippen molar-refractivity contribution in [2.75, 3.05) is 52.3 Å². The van der Waals surface area contributed by atoms with E-state index >= 15 is 0 Å². The van der Waals surface area contributed by atoms with Crippen LogP contribution < -0.4 is 14.8 Å². The Labute approximate surface area is 173 Å². The Bertz CT molecular complexity index is 800. The molecule has 1 saturated heterocycles. The van der Waals surface area contributed by atoms with Gasteiger partial charge < -0.3 is 19.7 Å². The minimum Gasteiger partial charge on any atom is -0.493 e. The highest BCUT2D eigenvalue weighted by Crippen LogP contribution is 2.27. The van der Waals surface area contributed by atoms with E-state index in [1.807, 2.05) is 29.2 Å². The molecular weight excluding hydrogens is 366 g/mol. The molecule has 2 aromatic carbocycles. The van der Waals surface area contributed by atoms with Crippen molar-refractivity contribution in [1.29, 1.82) is 0 Å². The number of hydrogen-bond acceptors (Lipinski definition) is 4. The fourth-order valence-electron chi connectivity index (χ4n) is 3.52. The number of benzene rings is 2. The number of anilines is 1. The molecule has 0 atom stereocenters. The summed E-state index contributed by atoms with van der Waals surface area (Å²) in [6.45, 7) is 6.34. The first-order chi connectivity index (χ1) is 14.1. The Hall–Kier alpha value is -2.73. The van der Waals surface area contributed by atoms with Gasteiger partial charge in [0.25, 0.3) is 0 Å². The van der Waals surface area contributed by atoms with E-state index in [0.717, 1.165) is 62.8 Å². The Kier molecular flexibility index (Phi) is 7.36. The standard InChI is InChI=1S/C23H31N3O3/c1-4-18-5-8-20(9-6-18)24-23(27)26-15-13-25(14-16-26)12-11-19-7-10-21(28-2)22(17-19)29-3/h5-10,17H,4,11-16H2,1-3H3,(H,24,27). The van der Waals surface area contributed by atoms with Crippen molar-refractivity contribution in [3.05, 3.63) is 53.6 Å². The normalized spacial score (nSPS) is 14.5. The third kappa shape index (κ3) is 5.64. The summed E-state index contributed by atoms with van der Waals surface area (Å²) in [5.41, 5.74) is 3.34. The van der Waals surface area contributed by atoms with Crippen LogP contribution in [0.1, 0.15) is 18.1 Å². The molecule has 0 aromatic heterocycles. The van der Waals surface area contributed by atoms with E-state index in [9.17, 15) is 4.79 Å². The van der Waals surface area contributed by atoms with Gasteiger partial charge in [-0.05, 0) is 48.2 Å². The molecular formula is C23H31N3O3.